The van der Waals surface area contributed by atoms with E-state index < -0.39 is 0 Å². The van der Waals surface area contributed by atoms with Crippen molar-refractivity contribution < 1.29 is 5.48 Å². The Bertz CT molecular complexity index is 242. The van der Waals surface area contributed by atoms with Gasteiger partial charge in [-0.3, -0.25) is 0 Å². The Kier molecular flexibility index (Phi) is 4.63. The van der Waals surface area contributed by atoms with Crippen LogP contribution in [0.1, 0.15) is 18.4 Å². The summed E-state index contributed by atoms with van der Waals surface area (Å²) in [6, 6.07) is 10.8. The van der Waals surface area contributed by atoms with Crippen molar-refractivity contribution in [2.75, 3.05) is 19.6 Å². The molecule has 1 saturated heterocycles. The van der Waals surface area contributed by atoms with Gasteiger partial charge >= 0.3 is 0 Å². The minimum atomic E-state index is 0. The Labute approximate surface area is 85.9 Å². The molecule has 0 atom stereocenters. The van der Waals surface area contributed by atoms with Crippen molar-refractivity contribution in [3.63, 3.8) is 0 Å². The maximum Gasteiger partial charge on any atom is 0.00218 e. The summed E-state index contributed by atoms with van der Waals surface area (Å²) in [5, 5.41) is 0. The van der Waals surface area contributed by atoms with E-state index in [-0.39, 0.29) is 5.48 Å². The van der Waals surface area contributed by atoms with E-state index in [1.807, 2.05) is 0 Å². The van der Waals surface area contributed by atoms with Crippen molar-refractivity contribution in [3.05, 3.63) is 35.9 Å². The van der Waals surface area contributed by atoms with Crippen LogP contribution in [-0.2, 0) is 6.42 Å². The van der Waals surface area contributed by atoms with E-state index in [1.54, 1.807) is 0 Å². The summed E-state index contributed by atoms with van der Waals surface area (Å²) in [6.07, 6.45) is 4.00. The molecule has 0 saturated carbocycles. The molecule has 0 unspecified atom stereocenters. The third-order valence-corrected chi connectivity index (χ3v) is 2.76. The second-order valence-corrected chi connectivity index (χ2v) is 3.78. The SMILES string of the molecule is O.c1ccc(CCN2CCCC2)cc1. The van der Waals surface area contributed by atoms with E-state index in [4.69, 9.17) is 0 Å². The summed E-state index contributed by atoms with van der Waals surface area (Å²) < 4.78 is 0. The molecule has 0 spiro atoms. The van der Waals surface area contributed by atoms with Crippen LogP contribution in [0.25, 0.3) is 0 Å². The molecule has 1 aromatic carbocycles. The first-order valence-corrected chi connectivity index (χ1v) is 5.21. The molecule has 2 rings (SSSR count). The van der Waals surface area contributed by atoms with Crippen LogP contribution in [0.5, 0.6) is 0 Å². The fraction of sp³-hybridized carbons (Fsp3) is 0.500. The average Bonchev–Trinajstić information content (AvgIpc) is 2.69. The summed E-state index contributed by atoms with van der Waals surface area (Å²) in [6.45, 7) is 3.86. The molecule has 1 aromatic rings. The summed E-state index contributed by atoms with van der Waals surface area (Å²) in [5.41, 5.74) is 1.47. The standard InChI is InChI=1S/C12H17N.H2O/c1-2-6-12(7-3-1)8-11-13-9-4-5-10-13;/h1-3,6-7H,4-5,8-11H2;1H2. The molecule has 14 heavy (non-hydrogen) atoms. The Morgan fingerprint density at radius 3 is 2.29 bits per heavy atom. The van der Waals surface area contributed by atoms with Crippen molar-refractivity contribution in [1.29, 1.82) is 0 Å². The zero-order valence-electron chi connectivity index (χ0n) is 8.58. The summed E-state index contributed by atoms with van der Waals surface area (Å²) >= 11 is 0. The van der Waals surface area contributed by atoms with Crippen LogP contribution < -0.4 is 0 Å². The lowest BCUT2D eigenvalue weighted by atomic mass is 10.1. The fourth-order valence-electron chi connectivity index (χ4n) is 1.94. The lowest BCUT2D eigenvalue weighted by Gasteiger charge is -2.13. The molecule has 2 nitrogen and oxygen atoms in total. The van der Waals surface area contributed by atoms with Gasteiger partial charge in [0.25, 0.3) is 0 Å². The lowest BCUT2D eigenvalue weighted by Crippen LogP contribution is -2.21. The smallest absolute Gasteiger partial charge is 0.00218 e. The fourth-order valence-corrected chi connectivity index (χ4v) is 1.94. The van der Waals surface area contributed by atoms with E-state index in [0.29, 0.717) is 0 Å². The predicted molar refractivity (Wildman–Crippen MR) is 59.4 cm³/mol. The molecule has 0 aliphatic carbocycles. The molecule has 0 bridgehead atoms. The molecular weight excluding hydrogens is 174 g/mol. The maximum absolute atomic E-state index is 2.56. The number of benzene rings is 1. The third kappa shape index (κ3) is 3.13. The molecule has 1 aliphatic heterocycles. The third-order valence-electron chi connectivity index (χ3n) is 2.76. The van der Waals surface area contributed by atoms with Crippen molar-refractivity contribution in [2.45, 2.75) is 19.3 Å². The van der Waals surface area contributed by atoms with Crippen molar-refractivity contribution in [3.8, 4) is 0 Å². The van der Waals surface area contributed by atoms with Crippen LogP contribution in [-0.4, -0.2) is 30.0 Å². The van der Waals surface area contributed by atoms with Gasteiger partial charge in [0.15, 0.2) is 0 Å². The van der Waals surface area contributed by atoms with Crippen molar-refractivity contribution in [1.82, 2.24) is 4.90 Å². The van der Waals surface area contributed by atoms with Gasteiger partial charge < -0.3 is 10.4 Å². The van der Waals surface area contributed by atoms with Crippen LogP contribution >= 0.6 is 0 Å². The molecule has 0 aromatic heterocycles. The second-order valence-electron chi connectivity index (χ2n) is 3.78. The molecule has 78 valence electrons. The minimum absolute atomic E-state index is 0. The van der Waals surface area contributed by atoms with E-state index in [1.165, 1.54) is 44.5 Å². The molecular formula is C12H19NO. The Balaban J connectivity index is 0.000000980. The quantitative estimate of drug-likeness (QED) is 0.716. The average molecular weight is 193 g/mol. The van der Waals surface area contributed by atoms with Gasteiger partial charge in [0.2, 0.25) is 0 Å². The molecule has 1 aliphatic rings. The Morgan fingerprint density at radius 2 is 1.64 bits per heavy atom. The topological polar surface area (TPSA) is 34.7 Å². The summed E-state index contributed by atoms with van der Waals surface area (Å²) in [5.74, 6) is 0. The highest BCUT2D eigenvalue weighted by atomic mass is 16.0. The number of nitrogens with zero attached hydrogens (tertiary/aromatic N) is 1. The van der Waals surface area contributed by atoms with Crippen LogP contribution in [0, 0.1) is 0 Å². The first-order valence-electron chi connectivity index (χ1n) is 5.21. The van der Waals surface area contributed by atoms with Gasteiger partial charge in [-0.2, -0.15) is 0 Å². The molecule has 1 heterocycles. The zero-order valence-corrected chi connectivity index (χ0v) is 8.58. The van der Waals surface area contributed by atoms with E-state index in [9.17, 15) is 0 Å². The van der Waals surface area contributed by atoms with Crippen molar-refractivity contribution >= 4 is 0 Å². The largest absolute Gasteiger partial charge is 0.412 e. The maximum atomic E-state index is 2.56. The predicted octanol–water partition coefficient (Wildman–Crippen LogP) is 1.50. The number of hydrogen-bond acceptors (Lipinski definition) is 1. The first kappa shape index (κ1) is 11.2. The molecule has 0 radical (unpaired) electrons. The van der Waals surface area contributed by atoms with Gasteiger partial charge in [-0.15, -0.1) is 0 Å². The lowest BCUT2D eigenvalue weighted by molar-refractivity contribution is 0.343. The van der Waals surface area contributed by atoms with Gasteiger partial charge in [-0.1, -0.05) is 30.3 Å². The highest BCUT2D eigenvalue weighted by Gasteiger charge is 2.10. The molecule has 2 heteroatoms. The highest BCUT2D eigenvalue weighted by molar-refractivity contribution is 5.14. The number of likely N-dealkylation sites (tertiary alicyclic amines) is 1. The molecule has 2 N–H and O–H groups in total. The van der Waals surface area contributed by atoms with E-state index in [2.05, 4.69) is 35.2 Å². The molecule has 0 amide bonds. The minimum Gasteiger partial charge on any atom is -0.412 e. The van der Waals surface area contributed by atoms with E-state index >= 15 is 0 Å². The van der Waals surface area contributed by atoms with Crippen LogP contribution in [0.4, 0.5) is 0 Å². The van der Waals surface area contributed by atoms with Gasteiger partial charge in [0.05, 0.1) is 0 Å². The van der Waals surface area contributed by atoms with Gasteiger partial charge in [-0.25, -0.2) is 0 Å². The second kappa shape index (κ2) is 5.78. The Hall–Kier alpha value is -0.860. The first-order chi connectivity index (χ1) is 6.45. The monoisotopic (exact) mass is 193 g/mol. The van der Waals surface area contributed by atoms with Gasteiger partial charge in [-0.05, 0) is 37.9 Å². The highest BCUT2D eigenvalue weighted by Crippen LogP contribution is 2.08. The van der Waals surface area contributed by atoms with E-state index in [0.717, 1.165) is 0 Å². The summed E-state index contributed by atoms with van der Waals surface area (Å²) in [7, 11) is 0. The van der Waals surface area contributed by atoms with Gasteiger partial charge in [0, 0.05) is 6.54 Å². The summed E-state index contributed by atoms with van der Waals surface area (Å²) in [4.78, 5) is 2.56. The molecule has 1 fully saturated rings. The van der Waals surface area contributed by atoms with Gasteiger partial charge in [0.1, 0.15) is 0 Å². The zero-order chi connectivity index (χ0) is 8.93. The number of hydrogen-bond donors (Lipinski definition) is 0. The normalized spacial score (nSPS) is 16.6. The number of rotatable bonds is 3. The van der Waals surface area contributed by atoms with Crippen LogP contribution in [0.15, 0.2) is 30.3 Å². The van der Waals surface area contributed by atoms with Crippen molar-refractivity contribution in [2.24, 2.45) is 0 Å². The Morgan fingerprint density at radius 1 is 1.00 bits per heavy atom. The van der Waals surface area contributed by atoms with Crippen LogP contribution in [0.2, 0.25) is 0 Å². The van der Waals surface area contributed by atoms with Crippen LogP contribution in [0.3, 0.4) is 0 Å².